The molecule has 1 rings (SSSR count). The van der Waals surface area contributed by atoms with Crippen LogP contribution in [-0.4, -0.2) is 62.3 Å². The standard InChI is InChI=1S/C11H21N3O4S2/c1-8(9(15)18-3)20(16,17)13-11(10(12)19)4-6-14(2)7-5-11/h8,13H,4-7H2,1-3H3,(H2,12,19). The van der Waals surface area contributed by atoms with Crippen molar-refractivity contribution in [3.63, 3.8) is 0 Å². The average Bonchev–Trinajstić information content (AvgIpc) is 2.39. The summed E-state index contributed by atoms with van der Waals surface area (Å²) in [5, 5.41) is -1.31. The lowest BCUT2D eigenvalue weighted by atomic mass is 9.89. The van der Waals surface area contributed by atoms with Crippen LogP contribution in [-0.2, 0) is 19.6 Å². The van der Waals surface area contributed by atoms with Crippen molar-refractivity contribution < 1.29 is 17.9 Å². The quantitative estimate of drug-likeness (QED) is 0.505. The molecule has 1 atom stereocenters. The summed E-state index contributed by atoms with van der Waals surface area (Å²) in [7, 11) is -0.817. The SMILES string of the molecule is COC(=O)C(C)S(=O)(=O)NC1(C(N)=S)CCN(C)CC1. The predicted octanol–water partition coefficient (Wildman–Crippen LogP) is -0.782. The van der Waals surface area contributed by atoms with E-state index in [0.29, 0.717) is 25.9 Å². The van der Waals surface area contributed by atoms with Crippen molar-refractivity contribution in [1.29, 1.82) is 0 Å². The van der Waals surface area contributed by atoms with E-state index in [1.165, 1.54) is 6.92 Å². The summed E-state index contributed by atoms with van der Waals surface area (Å²) >= 11 is 5.03. The van der Waals surface area contributed by atoms with Crippen molar-refractivity contribution in [1.82, 2.24) is 9.62 Å². The van der Waals surface area contributed by atoms with E-state index >= 15 is 0 Å². The van der Waals surface area contributed by atoms with Crippen LogP contribution in [0.5, 0.6) is 0 Å². The molecule has 1 aliphatic heterocycles. The molecule has 0 aliphatic carbocycles. The zero-order chi connectivity index (χ0) is 15.6. The number of hydrogen-bond acceptors (Lipinski definition) is 6. The number of nitrogens with one attached hydrogen (secondary N) is 1. The highest BCUT2D eigenvalue weighted by atomic mass is 32.2. The molecule has 0 radical (unpaired) electrons. The van der Waals surface area contributed by atoms with Crippen molar-refractivity contribution in [2.24, 2.45) is 5.73 Å². The Bertz CT molecular complexity index is 484. The smallest absolute Gasteiger partial charge is 0.325 e. The molecule has 116 valence electrons. The van der Waals surface area contributed by atoms with Crippen molar-refractivity contribution in [2.75, 3.05) is 27.2 Å². The van der Waals surface area contributed by atoms with Crippen molar-refractivity contribution in [3.05, 3.63) is 0 Å². The van der Waals surface area contributed by atoms with Gasteiger partial charge in [0.1, 0.15) is 0 Å². The summed E-state index contributed by atoms with van der Waals surface area (Å²) in [6, 6.07) is 0. The van der Waals surface area contributed by atoms with Crippen LogP contribution in [0.25, 0.3) is 0 Å². The Morgan fingerprint density at radius 1 is 1.45 bits per heavy atom. The Morgan fingerprint density at radius 2 is 1.95 bits per heavy atom. The van der Waals surface area contributed by atoms with Gasteiger partial charge in [0.15, 0.2) is 5.25 Å². The number of esters is 1. The molecule has 20 heavy (non-hydrogen) atoms. The monoisotopic (exact) mass is 323 g/mol. The van der Waals surface area contributed by atoms with Crippen LogP contribution in [0.15, 0.2) is 0 Å². The van der Waals surface area contributed by atoms with E-state index < -0.39 is 26.8 Å². The number of nitrogens with two attached hydrogens (primary N) is 1. The molecule has 1 saturated heterocycles. The van der Waals surface area contributed by atoms with Gasteiger partial charge >= 0.3 is 5.97 Å². The van der Waals surface area contributed by atoms with Crippen molar-refractivity contribution in [2.45, 2.75) is 30.6 Å². The molecular weight excluding hydrogens is 302 g/mol. The maximum atomic E-state index is 12.2. The normalized spacial score (nSPS) is 21.1. The third-order valence-corrected chi connectivity index (χ3v) is 5.84. The number of sulfonamides is 1. The summed E-state index contributed by atoms with van der Waals surface area (Å²) in [5.41, 5.74) is 4.76. The van der Waals surface area contributed by atoms with Gasteiger partial charge in [-0.25, -0.2) is 13.1 Å². The van der Waals surface area contributed by atoms with Crippen LogP contribution < -0.4 is 10.5 Å². The Balaban J connectivity index is 2.97. The zero-order valence-electron chi connectivity index (χ0n) is 11.9. The first-order valence-corrected chi connectivity index (χ1v) is 8.19. The maximum Gasteiger partial charge on any atom is 0.325 e. The minimum absolute atomic E-state index is 0.103. The van der Waals surface area contributed by atoms with Crippen LogP contribution in [0.4, 0.5) is 0 Å². The summed E-state index contributed by atoms with van der Waals surface area (Å²) in [5.74, 6) is -0.816. The molecular formula is C11H21N3O4S2. The average molecular weight is 323 g/mol. The van der Waals surface area contributed by atoms with Crippen LogP contribution >= 0.6 is 12.2 Å². The fourth-order valence-corrected chi connectivity index (χ4v) is 3.76. The molecule has 7 nitrogen and oxygen atoms in total. The van der Waals surface area contributed by atoms with Gasteiger partial charge in [0.05, 0.1) is 17.6 Å². The van der Waals surface area contributed by atoms with Gasteiger partial charge in [0.2, 0.25) is 10.0 Å². The van der Waals surface area contributed by atoms with E-state index in [4.69, 9.17) is 18.0 Å². The van der Waals surface area contributed by atoms with Crippen LogP contribution in [0.3, 0.4) is 0 Å². The van der Waals surface area contributed by atoms with Gasteiger partial charge in [-0.3, -0.25) is 4.79 Å². The van der Waals surface area contributed by atoms with E-state index in [0.717, 1.165) is 7.11 Å². The zero-order valence-corrected chi connectivity index (χ0v) is 13.5. The third-order valence-electron chi connectivity index (χ3n) is 3.65. The number of likely N-dealkylation sites (tertiary alicyclic amines) is 1. The number of hydrogen-bond donors (Lipinski definition) is 2. The molecule has 1 heterocycles. The van der Waals surface area contributed by atoms with Gasteiger partial charge in [0, 0.05) is 13.1 Å². The van der Waals surface area contributed by atoms with Gasteiger partial charge in [-0.2, -0.15) is 0 Å². The summed E-state index contributed by atoms with van der Waals surface area (Å²) in [4.78, 5) is 13.6. The molecule has 0 aromatic rings. The summed E-state index contributed by atoms with van der Waals surface area (Å²) in [6.45, 7) is 2.62. The second-order valence-electron chi connectivity index (χ2n) is 5.06. The topological polar surface area (TPSA) is 102 Å². The molecule has 1 aliphatic rings. The van der Waals surface area contributed by atoms with Crippen molar-refractivity contribution in [3.8, 4) is 0 Å². The van der Waals surface area contributed by atoms with Gasteiger partial charge < -0.3 is 15.4 Å². The molecule has 1 unspecified atom stereocenters. The minimum Gasteiger partial charge on any atom is -0.468 e. The number of carbonyl (C=O) groups excluding carboxylic acids is 1. The van der Waals surface area contributed by atoms with Gasteiger partial charge in [0.25, 0.3) is 0 Å². The number of thiocarbonyl (C=S) groups is 1. The fraction of sp³-hybridized carbons (Fsp3) is 0.818. The van der Waals surface area contributed by atoms with E-state index in [2.05, 4.69) is 14.4 Å². The van der Waals surface area contributed by atoms with Gasteiger partial charge in [-0.1, -0.05) is 12.2 Å². The summed E-state index contributed by atoms with van der Waals surface area (Å²) < 4.78 is 31.5. The summed E-state index contributed by atoms with van der Waals surface area (Å²) in [6.07, 6.45) is 0.956. The van der Waals surface area contributed by atoms with E-state index in [-0.39, 0.29) is 4.99 Å². The molecule has 0 aromatic carbocycles. The van der Waals surface area contributed by atoms with E-state index in [1.807, 2.05) is 7.05 Å². The number of rotatable bonds is 5. The molecule has 0 bridgehead atoms. The van der Waals surface area contributed by atoms with Gasteiger partial charge in [-0.05, 0) is 26.8 Å². The van der Waals surface area contributed by atoms with Crippen LogP contribution in [0.1, 0.15) is 19.8 Å². The Labute approximate surface area is 124 Å². The van der Waals surface area contributed by atoms with Gasteiger partial charge in [-0.15, -0.1) is 0 Å². The lowest BCUT2D eigenvalue weighted by Gasteiger charge is -2.40. The fourth-order valence-electron chi connectivity index (χ4n) is 2.05. The van der Waals surface area contributed by atoms with E-state index in [1.54, 1.807) is 0 Å². The van der Waals surface area contributed by atoms with E-state index in [9.17, 15) is 13.2 Å². The van der Waals surface area contributed by atoms with Crippen LogP contribution in [0.2, 0.25) is 0 Å². The number of ether oxygens (including phenoxy) is 1. The highest BCUT2D eigenvalue weighted by Gasteiger charge is 2.42. The molecule has 0 spiro atoms. The number of nitrogens with zero attached hydrogens (tertiary/aromatic N) is 1. The molecule has 0 saturated carbocycles. The first-order valence-electron chi connectivity index (χ1n) is 6.24. The highest BCUT2D eigenvalue weighted by molar-refractivity contribution is 7.91. The minimum atomic E-state index is -3.90. The van der Waals surface area contributed by atoms with Crippen LogP contribution in [0, 0.1) is 0 Å². The predicted molar refractivity (Wildman–Crippen MR) is 79.8 cm³/mol. The molecule has 1 fully saturated rings. The Morgan fingerprint density at radius 3 is 2.35 bits per heavy atom. The lowest BCUT2D eigenvalue weighted by molar-refractivity contribution is -0.139. The Kier molecular flexibility index (Phi) is 5.47. The second kappa shape index (κ2) is 6.33. The third kappa shape index (κ3) is 3.66. The largest absolute Gasteiger partial charge is 0.468 e. The number of carbonyl (C=O) groups is 1. The molecule has 0 aromatic heterocycles. The number of piperidine rings is 1. The molecule has 9 heteroatoms. The highest BCUT2D eigenvalue weighted by Crippen LogP contribution is 2.24. The lowest BCUT2D eigenvalue weighted by Crippen LogP contribution is -2.62. The maximum absolute atomic E-state index is 12.2. The molecule has 3 N–H and O–H groups in total. The molecule has 0 amide bonds. The first-order chi connectivity index (χ1) is 9.14. The second-order valence-corrected chi connectivity index (χ2v) is 7.50. The number of methoxy groups -OCH3 is 1. The van der Waals surface area contributed by atoms with Crippen molar-refractivity contribution >= 4 is 33.2 Å². The first kappa shape index (κ1) is 17.3. The Hall–Kier alpha value is -0.770.